The van der Waals surface area contributed by atoms with Gasteiger partial charge in [-0.15, -0.1) is 0 Å². The molecule has 3 rings (SSSR count). The zero-order chi connectivity index (χ0) is 17.3. The fourth-order valence-corrected chi connectivity index (χ4v) is 3.07. The Morgan fingerprint density at radius 1 is 1.38 bits per heavy atom. The van der Waals surface area contributed by atoms with Crippen LogP contribution in [0, 0.1) is 19.7 Å². The van der Waals surface area contributed by atoms with Crippen LogP contribution in [-0.4, -0.2) is 28.3 Å². The number of nitrogens with one attached hydrogen (secondary N) is 2. The van der Waals surface area contributed by atoms with Gasteiger partial charge in [0, 0.05) is 25.5 Å². The van der Waals surface area contributed by atoms with Crippen LogP contribution in [0.15, 0.2) is 24.3 Å². The highest BCUT2D eigenvalue weighted by atomic mass is 19.1. The Morgan fingerprint density at radius 2 is 2.08 bits per heavy atom. The van der Waals surface area contributed by atoms with E-state index in [1.807, 2.05) is 27.0 Å². The minimum atomic E-state index is -0.199. The molecular weight excluding hydrogens is 307 g/mol. The van der Waals surface area contributed by atoms with Crippen molar-refractivity contribution in [2.24, 2.45) is 7.05 Å². The first-order valence-corrected chi connectivity index (χ1v) is 8.33. The number of carbonyl (C=O) groups is 1. The fraction of sp³-hybridized carbons (Fsp3) is 0.444. The van der Waals surface area contributed by atoms with Crippen LogP contribution >= 0.6 is 0 Å². The molecule has 1 aliphatic carbocycles. The fourth-order valence-electron chi connectivity index (χ4n) is 3.07. The smallest absolute Gasteiger partial charge is 0.279 e. The van der Waals surface area contributed by atoms with Crippen LogP contribution in [0.2, 0.25) is 0 Å². The lowest BCUT2D eigenvalue weighted by molar-refractivity contribution is -0.917. The van der Waals surface area contributed by atoms with Gasteiger partial charge in [-0.1, -0.05) is 18.2 Å². The Balaban J connectivity index is 1.67. The lowest BCUT2D eigenvalue weighted by Crippen LogP contribution is -3.13. The van der Waals surface area contributed by atoms with Crippen LogP contribution in [0.1, 0.15) is 29.8 Å². The highest BCUT2D eigenvalue weighted by molar-refractivity contribution is 5.92. The van der Waals surface area contributed by atoms with Crippen molar-refractivity contribution >= 4 is 11.6 Å². The van der Waals surface area contributed by atoms with Crippen molar-refractivity contribution in [1.29, 1.82) is 0 Å². The zero-order valence-electron chi connectivity index (χ0n) is 14.4. The van der Waals surface area contributed by atoms with Crippen LogP contribution in [0.4, 0.5) is 10.1 Å². The third kappa shape index (κ3) is 3.64. The third-order valence-electron chi connectivity index (χ3n) is 4.69. The summed E-state index contributed by atoms with van der Waals surface area (Å²) in [4.78, 5) is 13.6. The van der Waals surface area contributed by atoms with Crippen LogP contribution in [0.3, 0.4) is 0 Å². The number of aryl methyl sites for hydroxylation is 2. The number of amides is 1. The molecule has 1 atom stereocenters. The van der Waals surface area contributed by atoms with Gasteiger partial charge in [0.25, 0.3) is 5.91 Å². The molecule has 1 amide bonds. The Hall–Kier alpha value is -2.21. The summed E-state index contributed by atoms with van der Waals surface area (Å²) in [5.41, 5.74) is 3.19. The SMILES string of the molecule is Cc1nn(C)c(C)c1NC(=O)C[NH+](Cc1ccccc1F)C1CC1. The highest BCUT2D eigenvalue weighted by Gasteiger charge is 2.35. The van der Waals surface area contributed by atoms with Gasteiger partial charge in [0.05, 0.1) is 23.1 Å². The molecule has 2 N–H and O–H groups in total. The second-order valence-electron chi connectivity index (χ2n) is 6.60. The molecule has 0 radical (unpaired) electrons. The van der Waals surface area contributed by atoms with Gasteiger partial charge in [-0.25, -0.2) is 4.39 Å². The molecule has 128 valence electrons. The van der Waals surface area contributed by atoms with E-state index in [9.17, 15) is 9.18 Å². The Bertz CT molecular complexity index is 751. The Kier molecular flexibility index (Phi) is 4.66. The number of anilines is 1. The van der Waals surface area contributed by atoms with E-state index in [0.29, 0.717) is 24.7 Å². The predicted molar refractivity (Wildman–Crippen MR) is 90.3 cm³/mol. The van der Waals surface area contributed by atoms with Crippen molar-refractivity contribution in [3.63, 3.8) is 0 Å². The first kappa shape index (κ1) is 16.6. The average Bonchev–Trinajstić information content (AvgIpc) is 3.34. The summed E-state index contributed by atoms with van der Waals surface area (Å²) < 4.78 is 15.7. The second kappa shape index (κ2) is 6.73. The topological polar surface area (TPSA) is 51.4 Å². The van der Waals surface area contributed by atoms with E-state index in [0.717, 1.165) is 34.8 Å². The molecule has 1 fully saturated rings. The van der Waals surface area contributed by atoms with Crippen LogP contribution in [-0.2, 0) is 18.4 Å². The molecule has 1 aliphatic rings. The largest absolute Gasteiger partial charge is 0.321 e. The summed E-state index contributed by atoms with van der Waals surface area (Å²) >= 11 is 0. The van der Waals surface area contributed by atoms with E-state index in [4.69, 9.17) is 0 Å². The predicted octanol–water partition coefficient (Wildman–Crippen LogP) is 1.36. The number of benzene rings is 1. The number of carbonyl (C=O) groups excluding carboxylic acids is 1. The van der Waals surface area contributed by atoms with Gasteiger partial charge in [0.2, 0.25) is 0 Å². The van der Waals surface area contributed by atoms with Crippen molar-refractivity contribution in [2.75, 3.05) is 11.9 Å². The molecule has 0 aliphatic heterocycles. The number of halogens is 1. The maximum Gasteiger partial charge on any atom is 0.279 e. The van der Waals surface area contributed by atoms with Gasteiger partial charge in [0.1, 0.15) is 12.4 Å². The van der Waals surface area contributed by atoms with Crippen molar-refractivity contribution in [1.82, 2.24) is 9.78 Å². The zero-order valence-corrected chi connectivity index (χ0v) is 14.4. The summed E-state index contributed by atoms with van der Waals surface area (Å²) in [7, 11) is 1.86. The van der Waals surface area contributed by atoms with Gasteiger partial charge in [-0.2, -0.15) is 5.10 Å². The maximum absolute atomic E-state index is 13.9. The highest BCUT2D eigenvalue weighted by Crippen LogP contribution is 2.19. The summed E-state index contributed by atoms with van der Waals surface area (Å²) in [5, 5.41) is 7.29. The Morgan fingerprint density at radius 3 is 2.67 bits per heavy atom. The summed E-state index contributed by atoms with van der Waals surface area (Å²) in [5.74, 6) is -0.248. The number of hydrogen-bond donors (Lipinski definition) is 2. The second-order valence-corrected chi connectivity index (χ2v) is 6.60. The molecule has 1 unspecified atom stereocenters. The van der Waals surface area contributed by atoms with E-state index in [1.165, 1.54) is 6.07 Å². The average molecular weight is 331 g/mol. The van der Waals surface area contributed by atoms with Gasteiger partial charge in [0.15, 0.2) is 6.54 Å². The molecule has 0 bridgehead atoms. The molecule has 6 heteroatoms. The maximum atomic E-state index is 13.9. The van der Waals surface area contributed by atoms with Crippen molar-refractivity contribution in [2.45, 2.75) is 39.3 Å². The van der Waals surface area contributed by atoms with Crippen molar-refractivity contribution in [3.8, 4) is 0 Å². The first-order chi connectivity index (χ1) is 11.5. The van der Waals surface area contributed by atoms with E-state index < -0.39 is 0 Å². The van der Waals surface area contributed by atoms with Crippen molar-refractivity contribution in [3.05, 3.63) is 47.0 Å². The number of hydrogen-bond acceptors (Lipinski definition) is 2. The lowest BCUT2D eigenvalue weighted by Gasteiger charge is -2.19. The van der Waals surface area contributed by atoms with E-state index >= 15 is 0 Å². The number of quaternary nitrogens is 1. The Labute approximate surface area is 141 Å². The molecule has 24 heavy (non-hydrogen) atoms. The van der Waals surface area contributed by atoms with Gasteiger partial charge >= 0.3 is 0 Å². The molecule has 1 aromatic heterocycles. The van der Waals surface area contributed by atoms with Crippen LogP contribution < -0.4 is 10.2 Å². The summed E-state index contributed by atoms with van der Waals surface area (Å²) in [6, 6.07) is 7.25. The normalized spacial score (nSPS) is 15.3. The van der Waals surface area contributed by atoms with E-state index in [-0.39, 0.29) is 11.7 Å². The molecule has 0 spiro atoms. The van der Waals surface area contributed by atoms with Crippen molar-refractivity contribution < 1.29 is 14.1 Å². The minimum absolute atomic E-state index is 0.0487. The monoisotopic (exact) mass is 331 g/mol. The molecule has 1 saturated carbocycles. The number of nitrogens with zero attached hydrogens (tertiary/aromatic N) is 2. The standard InChI is InChI=1S/C18H23FN4O/c1-12-18(13(2)22(3)21-12)20-17(24)11-23(15-8-9-15)10-14-6-4-5-7-16(14)19/h4-7,15H,8-11H2,1-3H3,(H,20,24)/p+1. The van der Waals surface area contributed by atoms with Gasteiger partial charge in [-0.05, 0) is 19.9 Å². The van der Waals surface area contributed by atoms with Crippen LogP contribution in [0.5, 0.6) is 0 Å². The summed E-state index contributed by atoms with van der Waals surface area (Å²) in [6.45, 7) is 4.69. The lowest BCUT2D eigenvalue weighted by atomic mass is 10.2. The van der Waals surface area contributed by atoms with E-state index in [1.54, 1.807) is 16.8 Å². The minimum Gasteiger partial charge on any atom is -0.321 e. The quantitative estimate of drug-likeness (QED) is 0.840. The number of rotatable bonds is 6. The number of aromatic nitrogens is 2. The van der Waals surface area contributed by atoms with E-state index in [2.05, 4.69) is 10.4 Å². The molecule has 0 saturated heterocycles. The summed E-state index contributed by atoms with van der Waals surface area (Å²) in [6.07, 6.45) is 2.20. The molecule has 1 heterocycles. The third-order valence-corrected chi connectivity index (χ3v) is 4.69. The first-order valence-electron chi connectivity index (χ1n) is 8.33. The molecule has 1 aromatic carbocycles. The molecule has 2 aromatic rings. The van der Waals surface area contributed by atoms with Gasteiger partial charge < -0.3 is 10.2 Å². The van der Waals surface area contributed by atoms with Gasteiger partial charge in [-0.3, -0.25) is 9.48 Å². The molecular formula is C18H24FN4O+. The molecule has 5 nitrogen and oxygen atoms in total. The van der Waals surface area contributed by atoms with Crippen LogP contribution in [0.25, 0.3) is 0 Å².